The zero-order valence-electron chi connectivity index (χ0n) is 37.5. The summed E-state index contributed by atoms with van der Waals surface area (Å²) >= 11 is 0. The second kappa shape index (κ2) is 34.1. The predicted octanol–water partition coefficient (Wildman–Crippen LogP) is 8.57. The van der Waals surface area contributed by atoms with E-state index >= 15 is 0 Å². The highest BCUT2D eigenvalue weighted by Gasteiger charge is 2.35. The molecule has 0 radical (unpaired) electrons. The van der Waals surface area contributed by atoms with Gasteiger partial charge in [0.25, 0.3) is 0 Å². The van der Waals surface area contributed by atoms with Crippen LogP contribution in [0, 0.1) is 5.92 Å². The molecule has 1 heterocycles. The van der Waals surface area contributed by atoms with Crippen molar-refractivity contribution in [3.05, 3.63) is 60.8 Å². The van der Waals surface area contributed by atoms with Crippen LogP contribution in [0.5, 0.6) is 0 Å². The Labute approximate surface area is 361 Å². The van der Waals surface area contributed by atoms with Gasteiger partial charge in [-0.1, -0.05) is 107 Å². The van der Waals surface area contributed by atoms with Crippen LogP contribution in [0.3, 0.4) is 0 Å². The van der Waals surface area contributed by atoms with E-state index < -0.39 is 57.1 Å². The predicted molar refractivity (Wildman–Crippen MR) is 237 cm³/mol. The Morgan fingerprint density at radius 1 is 0.783 bits per heavy atom. The lowest BCUT2D eigenvalue weighted by molar-refractivity contribution is -0.870. The Kier molecular flexibility index (Phi) is 31.6. The first-order valence-corrected chi connectivity index (χ1v) is 23.9. The van der Waals surface area contributed by atoms with E-state index in [-0.39, 0.29) is 38.4 Å². The number of phosphoric ester groups is 1. The number of carbonyl (C=O) groups is 2. The van der Waals surface area contributed by atoms with Crippen LogP contribution in [0.4, 0.5) is 0 Å². The highest BCUT2D eigenvalue weighted by Crippen LogP contribution is 2.43. The zero-order valence-corrected chi connectivity index (χ0v) is 38.3. The number of aliphatic hydroxyl groups is 3. The van der Waals surface area contributed by atoms with Crippen molar-refractivity contribution in [1.29, 1.82) is 0 Å². The molecule has 60 heavy (non-hydrogen) atoms. The van der Waals surface area contributed by atoms with Gasteiger partial charge in [-0.3, -0.25) is 18.6 Å². The van der Waals surface area contributed by atoms with Crippen molar-refractivity contribution in [1.82, 2.24) is 0 Å². The Balaban J connectivity index is 2.57. The summed E-state index contributed by atoms with van der Waals surface area (Å²) in [5.41, 5.74) is 0. The minimum absolute atomic E-state index is 0.0223. The summed E-state index contributed by atoms with van der Waals surface area (Å²) in [5.74, 6) is -1.36. The number of carbonyl (C=O) groups excluding carboxylic acids is 2. The second-order valence-electron chi connectivity index (χ2n) is 16.6. The number of ether oxygens (including phenoxy) is 3. The van der Waals surface area contributed by atoms with Gasteiger partial charge in [0.2, 0.25) is 0 Å². The van der Waals surface area contributed by atoms with Gasteiger partial charge in [-0.05, 0) is 70.6 Å². The van der Waals surface area contributed by atoms with Gasteiger partial charge in [0.05, 0.1) is 46.1 Å². The van der Waals surface area contributed by atoms with Crippen LogP contribution in [0.1, 0.15) is 136 Å². The molecule has 4 N–H and O–H groups in total. The van der Waals surface area contributed by atoms with Crippen LogP contribution in [-0.4, -0.2) is 115 Å². The largest absolute Gasteiger partial charge is 0.472 e. The van der Waals surface area contributed by atoms with Gasteiger partial charge < -0.3 is 38.9 Å². The van der Waals surface area contributed by atoms with Gasteiger partial charge in [0.15, 0.2) is 12.4 Å². The van der Waals surface area contributed by atoms with Gasteiger partial charge in [0, 0.05) is 25.2 Å². The summed E-state index contributed by atoms with van der Waals surface area (Å²) in [6.45, 7) is 3.91. The van der Waals surface area contributed by atoms with E-state index in [0.29, 0.717) is 43.1 Å². The van der Waals surface area contributed by atoms with E-state index in [1.165, 1.54) is 19.3 Å². The number of likely N-dealkylation sites (N-methyl/N-ethyl adjacent to an activating group) is 1. The van der Waals surface area contributed by atoms with E-state index in [1.54, 1.807) is 12.2 Å². The molecule has 1 aliphatic rings. The van der Waals surface area contributed by atoms with Gasteiger partial charge >= 0.3 is 19.8 Å². The van der Waals surface area contributed by atoms with Crippen LogP contribution in [0.2, 0.25) is 0 Å². The molecule has 0 spiro atoms. The first kappa shape index (κ1) is 55.6. The molecule has 7 atom stereocenters. The van der Waals surface area contributed by atoms with E-state index in [0.717, 1.165) is 51.4 Å². The van der Waals surface area contributed by atoms with Gasteiger partial charge in [-0.25, -0.2) is 4.57 Å². The summed E-state index contributed by atoms with van der Waals surface area (Å²) in [7, 11) is 1.29. The quantitative estimate of drug-likeness (QED) is 0.0157. The minimum atomic E-state index is -4.46. The normalized spacial score (nSPS) is 21.1. The molecule has 1 fully saturated rings. The van der Waals surface area contributed by atoms with Gasteiger partial charge in [0.1, 0.15) is 19.8 Å². The summed E-state index contributed by atoms with van der Waals surface area (Å²) in [6.07, 6.45) is 30.4. The Morgan fingerprint density at radius 3 is 2.05 bits per heavy atom. The highest BCUT2D eigenvalue weighted by molar-refractivity contribution is 7.47. The van der Waals surface area contributed by atoms with Crippen molar-refractivity contribution in [3.63, 3.8) is 0 Å². The second-order valence-corrected chi connectivity index (χ2v) is 18.1. The molecule has 1 aliphatic heterocycles. The van der Waals surface area contributed by atoms with Crippen LogP contribution in [0.15, 0.2) is 60.8 Å². The topological polar surface area (TPSA) is 178 Å². The molecule has 13 nitrogen and oxygen atoms in total. The Morgan fingerprint density at radius 2 is 1.38 bits per heavy atom. The first-order valence-electron chi connectivity index (χ1n) is 22.4. The highest BCUT2D eigenvalue weighted by atomic mass is 31.2. The van der Waals surface area contributed by atoms with Gasteiger partial charge in [-0.2, -0.15) is 0 Å². The monoisotopic (exact) mass is 871 g/mol. The van der Waals surface area contributed by atoms with E-state index in [1.807, 2.05) is 33.3 Å². The van der Waals surface area contributed by atoms with Crippen LogP contribution in [-0.2, 0) is 37.4 Å². The number of allylic oxidation sites excluding steroid dienone is 8. The SMILES string of the molecule is CCCCC/C=C\C/C=C\C/C=C\CCCCC(=O)O[C@H](COC(=O)CCC/C=C\C[C@H]1[C@@H](O)CC(O)O[C@@H]1/C=C/[C@@H](O)CCCCC)COP(=O)(O)OCC[N+](C)(C)C. The molecule has 1 rings (SSSR count). The lowest BCUT2D eigenvalue weighted by atomic mass is 9.87. The van der Waals surface area contributed by atoms with Gasteiger partial charge in [-0.15, -0.1) is 0 Å². The average Bonchev–Trinajstić information content (AvgIpc) is 3.18. The molecular formula is C46H81NO12P+. The van der Waals surface area contributed by atoms with Crippen molar-refractivity contribution in [2.45, 2.75) is 167 Å². The van der Waals surface area contributed by atoms with E-state index in [9.17, 15) is 34.4 Å². The number of nitrogens with zero attached hydrogens (tertiary/aromatic N) is 1. The molecule has 0 aliphatic carbocycles. The smallest absolute Gasteiger partial charge is 0.462 e. The molecule has 0 saturated carbocycles. The molecule has 0 bridgehead atoms. The van der Waals surface area contributed by atoms with E-state index in [2.05, 4.69) is 50.3 Å². The fourth-order valence-electron chi connectivity index (χ4n) is 6.18. The minimum Gasteiger partial charge on any atom is -0.462 e. The molecule has 1 saturated heterocycles. The maximum Gasteiger partial charge on any atom is 0.472 e. The molecule has 346 valence electrons. The zero-order chi connectivity index (χ0) is 44.5. The molecule has 0 aromatic carbocycles. The number of unbranched alkanes of at least 4 members (excludes halogenated alkanes) is 8. The van der Waals surface area contributed by atoms with Crippen molar-refractivity contribution >= 4 is 19.8 Å². The Hall–Kier alpha value is -2.45. The van der Waals surface area contributed by atoms with Crippen molar-refractivity contribution in [2.75, 3.05) is 47.5 Å². The maximum atomic E-state index is 12.7. The number of phosphoric acid groups is 1. The fourth-order valence-corrected chi connectivity index (χ4v) is 6.92. The van der Waals surface area contributed by atoms with Crippen LogP contribution in [0.25, 0.3) is 0 Å². The summed E-state index contributed by atoms with van der Waals surface area (Å²) in [5, 5.41) is 31.0. The number of rotatable bonds is 35. The van der Waals surface area contributed by atoms with Crippen molar-refractivity contribution in [3.8, 4) is 0 Å². The molecular weight excluding hydrogens is 789 g/mol. The summed E-state index contributed by atoms with van der Waals surface area (Å²) in [4.78, 5) is 35.6. The molecule has 2 unspecified atom stereocenters. The average molecular weight is 871 g/mol. The summed E-state index contributed by atoms with van der Waals surface area (Å²) < 4.78 is 39.9. The third-order valence-electron chi connectivity index (χ3n) is 9.82. The lowest BCUT2D eigenvalue weighted by Crippen LogP contribution is -2.43. The number of hydrogen-bond donors (Lipinski definition) is 4. The van der Waals surface area contributed by atoms with Crippen LogP contribution >= 0.6 is 7.82 Å². The third kappa shape index (κ3) is 31.4. The summed E-state index contributed by atoms with van der Waals surface area (Å²) in [6, 6.07) is 0. The standard InChI is InChI=1S/C46H80NO12P/c1-6-8-10-11-12-13-14-15-16-17-18-19-20-21-27-31-45(51)58-40(38-57-60(53,54)56-35-34-47(3,4)5)37-55-44(50)30-26-23-22-25-29-41-42(49)36-46(52)59-43(41)33-32-39(48)28-24-9-7-2/h12-13,15-16,18-19,22,25,32-33,39-43,46,48-49,52H,6-11,14,17,20-21,23-24,26-31,34-38H2,1-5H3/p+1/b13-12-,16-15-,19-18-,25-22-,33-32+/t39-,40+,41-,42-,43+,46?/m0/s1. The number of hydrogen-bond acceptors (Lipinski definition) is 11. The van der Waals surface area contributed by atoms with E-state index in [4.69, 9.17) is 23.3 Å². The third-order valence-corrected chi connectivity index (χ3v) is 10.8. The van der Waals surface area contributed by atoms with Crippen molar-refractivity contribution in [2.24, 2.45) is 5.92 Å². The molecule has 0 aromatic rings. The molecule has 14 heteroatoms. The number of aliphatic hydroxyl groups excluding tert-OH is 3. The molecule has 0 amide bonds. The van der Waals surface area contributed by atoms with Crippen molar-refractivity contribution < 1.29 is 62.1 Å². The Bertz CT molecular complexity index is 1330. The maximum absolute atomic E-state index is 12.7. The number of esters is 2. The first-order chi connectivity index (χ1) is 28.7. The van der Waals surface area contributed by atoms with Crippen LogP contribution < -0.4 is 0 Å². The molecule has 0 aromatic heterocycles. The lowest BCUT2D eigenvalue weighted by Gasteiger charge is -2.36. The fraction of sp³-hybridized carbons (Fsp3) is 0.739. The number of quaternary nitrogens is 1.